The summed E-state index contributed by atoms with van der Waals surface area (Å²) in [5, 5.41) is 0.341. The Bertz CT molecular complexity index is 388. The quantitative estimate of drug-likeness (QED) is 0.711. The number of anilines is 1. The van der Waals surface area contributed by atoms with E-state index in [1.165, 1.54) is 4.90 Å². The van der Waals surface area contributed by atoms with Crippen LogP contribution in [-0.4, -0.2) is 23.7 Å². The summed E-state index contributed by atoms with van der Waals surface area (Å²) < 4.78 is 5.22. The van der Waals surface area contributed by atoms with Crippen molar-refractivity contribution < 1.29 is 9.53 Å². The second kappa shape index (κ2) is 4.70. The topological polar surface area (TPSA) is 42.4 Å². The Labute approximate surface area is 100 Å². The van der Waals surface area contributed by atoms with Crippen LogP contribution in [0.15, 0.2) is 18.3 Å². The number of aromatic nitrogens is 1. The number of halogens is 1. The third-order valence-corrected chi connectivity index (χ3v) is 1.97. The summed E-state index contributed by atoms with van der Waals surface area (Å²) in [7, 11) is 1.62. The lowest BCUT2D eigenvalue weighted by Crippen LogP contribution is -2.34. The molecule has 4 nitrogen and oxygen atoms in total. The first kappa shape index (κ1) is 12.8. The summed E-state index contributed by atoms with van der Waals surface area (Å²) in [6.45, 7) is 5.45. The number of pyridine rings is 1. The Morgan fingerprint density at radius 3 is 2.62 bits per heavy atom. The van der Waals surface area contributed by atoms with Crippen molar-refractivity contribution in [3.05, 3.63) is 23.5 Å². The maximum absolute atomic E-state index is 11.7. The van der Waals surface area contributed by atoms with E-state index >= 15 is 0 Å². The molecular weight excluding hydrogens is 228 g/mol. The van der Waals surface area contributed by atoms with Gasteiger partial charge in [-0.1, -0.05) is 11.6 Å². The van der Waals surface area contributed by atoms with Crippen molar-refractivity contribution in [2.75, 3.05) is 11.9 Å². The Morgan fingerprint density at radius 2 is 2.12 bits per heavy atom. The highest BCUT2D eigenvalue weighted by Crippen LogP contribution is 2.18. The first-order valence-corrected chi connectivity index (χ1v) is 5.25. The van der Waals surface area contributed by atoms with Crippen molar-refractivity contribution in [1.29, 1.82) is 0 Å². The maximum Gasteiger partial charge on any atom is 0.414 e. The third kappa shape index (κ3) is 3.70. The van der Waals surface area contributed by atoms with Crippen molar-refractivity contribution in [2.45, 2.75) is 26.4 Å². The van der Waals surface area contributed by atoms with Gasteiger partial charge in [-0.05, 0) is 32.9 Å². The van der Waals surface area contributed by atoms with Gasteiger partial charge in [0, 0.05) is 13.2 Å². The fourth-order valence-corrected chi connectivity index (χ4v) is 1.20. The van der Waals surface area contributed by atoms with Crippen LogP contribution in [-0.2, 0) is 4.74 Å². The van der Waals surface area contributed by atoms with Crippen molar-refractivity contribution in [2.24, 2.45) is 0 Å². The molecule has 0 radical (unpaired) electrons. The minimum Gasteiger partial charge on any atom is -0.443 e. The van der Waals surface area contributed by atoms with E-state index in [1.54, 1.807) is 25.4 Å². The number of ether oxygens (including phenoxy) is 1. The lowest BCUT2D eigenvalue weighted by molar-refractivity contribution is 0.0589. The van der Waals surface area contributed by atoms with E-state index in [0.717, 1.165) is 0 Å². The molecular formula is C11H15ClN2O2. The standard InChI is InChI=1S/C11H15ClN2O2/c1-11(2,3)16-10(15)14(4)8-5-6-13-9(12)7-8/h5-7H,1-4H3. The van der Waals surface area contributed by atoms with Crippen LogP contribution < -0.4 is 4.90 Å². The summed E-state index contributed by atoms with van der Waals surface area (Å²) in [6.07, 6.45) is 1.12. The normalized spacial score (nSPS) is 11.1. The number of hydrogen-bond donors (Lipinski definition) is 0. The summed E-state index contributed by atoms with van der Waals surface area (Å²) in [4.78, 5) is 16.9. The molecule has 5 heteroatoms. The van der Waals surface area contributed by atoms with Crippen LogP contribution in [0.3, 0.4) is 0 Å². The van der Waals surface area contributed by atoms with Gasteiger partial charge in [0.05, 0.1) is 5.69 Å². The molecule has 0 atom stereocenters. The van der Waals surface area contributed by atoms with Gasteiger partial charge in [-0.25, -0.2) is 9.78 Å². The zero-order chi connectivity index (χ0) is 12.3. The van der Waals surface area contributed by atoms with Crippen molar-refractivity contribution in [3.63, 3.8) is 0 Å². The predicted molar refractivity (Wildman–Crippen MR) is 63.9 cm³/mol. The van der Waals surface area contributed by atoms with E-state index in [-0.39, 0.29) is 0 Å². The van der Waals surface area contributed by atoms with Gasteiger partial charge in [-0.15, -0.1) is 0 Å². The van der Waals surface area contributed by atoms with Crippen LogP contribution in [0.5, 0.6) is 0 Å². The molecule has 0 aliphatic heterocycles. The molecule has 0 unspecified atom stereocenters. The second-order valence-corrected chi connectivity index (χ2v) is 4.76. The summed E-state index contributed by atoms with van der Waals surface area (Å²) in [5.41, 5.74) is 0.136. The SMILES string of the molecule is CN(C(=O)OC(C)(C)C)c1ccnc(Cl)c1. The molecule has 88 valence electrons. The van der Waals surface area contributed by atoms with E-state index < -0.39 is 11.7 Å². The molecule has 1 amide bonds. The van der Waals surface area contributed by atoms with Crippen LogP contribution in [0, 0.1) is 0 Å². The molecule has 0 spiro atoms. The molecule has 16 heavy (non-hydrogen) atoms. The number of carbonyl (C=O) groups excluding carboxylic acids is 1. The number of rotatable bonds is 1. The fraction of sp³-hybridized carbons (Fsp3) is 0.455. The third-order valence-electron chi connectivity index (χ3n) is 1.76. The first-order chi connectivity index (χ1) is 7.29. The van der Waals surface area contributed by atoms with Gasteiger partial charge < -0.3 is 4.74 Å². The summed E-state index contributed by atoms with van der Waals surface area (Å²) in [5.74, 6) is 0. The average molecular weight is 243 g/mol. The molecule has 1 aromatic rings. The maximum atomic E-state index is 11.7. The molecule has 0 aliphatic carbocycles. The number of hydrogen-bond acceptors (Lipinski definition) is 3. The highest BCUT2D eigenvalue weighted by atomic mass is 35.5. The van der Waals surface area contributed by atoms with Gasteiger partial charge in [0.15, 0.2) is 0 Å². The van der Waals surface area contributed by atoms with E-state index in [0.29, 0.717) is 10.8 Å². The molecule has 0 aliphatic rings. The number of amides is 1. The van der Waals surface area contributed by atoms with E-state index in [4.69, 9.17) is 16.3 Å². The Hall–Kier alpha value is -1.29. The van der Waals surface area contributed by atoms with Crippen molar-refractivity contribution in [1.82, 2.24) is 4.98 Å². The molecule has 0 fully saturated rings. The van der Waals surface area contributed by atoms with Crippen molar-refractivity contribution >= 4 is 23.4 Å². The van der Waals surface area contributed by atoms with Crippen LogP contribution in [0.1, 0.15) is 20.8 Å². The highest BCUT2D eigenvalue weighted by molar-refractivity contribution is 6.29. The lowest BCUT2D eigenvalue weighted by atomic mass is 10.2. The van der Waals surface area contributed by atoms with Crippen LogP contribution >= 0.6 is 11.6 Å². The van der Waals surface area contributed by atoms with Crippen molar-refractivity contribution in [3.8, 4) is 0 Å². The lowest BCUT2D eigenvalue weighted by Gasteiger charge is -2.24. The number of nitrogens with zero attached hydrogens (tertiary/aromatic N) is 2. The number of carbonyl (C=O) groups is 1. The fourth-order valence-electron chi connectivity index (χ4n) is 1.04. The molecule has 0 saturated heterocycles. The Balaban J connectivity index is 2.78. The zero-order valence-electron chi connectivity index (χ0n) is 9.82. The molecule has 1 aromatic heterocycles. The smallest absolute Gasteiger partial charge is 0.414 e. The van der Waals surface area contributed by atoms with Crippen LogP contribution in [0.2, 0.25) is 5.15 Å². The molecule has 0 saturated carbocycles. The largest absolute Gasteiger partial charge is 0.443 e. The van der Waals surface area contributed by atoms with Gasteiger partial charge >= 0.3 is 6.09 Å². The summed E-state index contributed by atoms with van der Waals surface area (Å²) in [6, 6.07) is 3.29. The predicted octanol–water partition coefficient (Wildman–Crippen LogP) is 3.11. The Morgan fingerprint density at radius 1 is 1.50 bits per heavy atom. The van der Waals surface area contributed by atoms with Crippen LogP contribution in [0.4, 0.5) is 10.5 Å². The Kier molecular flexibility index (Phi) is 3.75. The van der Waals surface area contributed by atoms with Crippen LogP contribution in [0.25, 0.3) is 0 Å². The second-order valence-electron chi connectivity index (χ2n) is 4.38. The minimum atomic E-state index is -0.512. The first-order valence-electron chi connectivity index (χ1n) is 4.88. The van der Waals surface area contributed by atoms with Gasteiger partial charge in [0.25, 0.3) is 0 Å². The van der Waals surface area contributed by atoms with E-state index in [2.05, 4.69) is 4.98 Å². The minimum absolute atomic E-state index is 0.341. The molecule has 0 aromatic carbocycles. The average Bonchev–Trinajstić information content (AvgIpc) is 2.14. The van der Waals surface area contributed by atoms with Gasteiger partial charge in [-0.2, -0.15) is 0 Å². The van der Waals surface area contributed by atoms with Gasteiger partial charge in [-0.3, -0.25) is 4.90 Å². The summed E-state index contributed by atoms with van der Waals surface area (Å²) >= 11 is 5.74. The van der Waals surface area contributed by atoms with Gasteiger partial charge in [0.1, 0.15) is 10.8 Å². The molecule has 1 rings (SSSR count). The van der Waals surface area contributed by atoms with Gasteiger partial charge in [0.2, 0.25) is 0 Å². The molecule has 0 bridgehead atoms. The van der Waals surface area contributed by atoms with E-state index in [9.17, 15) is 4.79 Å². The monoisotopic (exact) mass is 242 g/mol. The highest BCUT2D eigenvalue weighted by Gasteiger charge is 2.20. The molecule has 0 N–H and O–H groups in total. The zero-order valence-corrected chi connectivity index (χ0v) is 10.6. The van der Waals surface area contributed by atoms with E-state index in [1.807, 2.05) is 20.8 Å². The molecule has 1 heterocycles.